The van der Waals surface area contributed by atoms with Gasteiger partial charge in [-0.05, 0) is 74.6 Å². The number of ether oxygens (including phenoxy) is 1. The molecule has 0 fully saturated rings. The zero-order valence-electron chi connectivity index (χ0n) is 17.7. The van der Waals surface area contributed by atoms with Crippen molar-refractivity contribution in [1.82, 2.24) is 5.32 Å². The van der Waals surface area contributed by atoms with Gasteiger partial charge in [0, 0.05) is 6.54 Å². The van der Waals surface area contributed by atoms with Gasteiger partial charge in [-0.25, -0.2) is 8.42 Å². The third kappa shape index (κ3) is 6.49. The van der Waals surface area contributed by atoms with E-state index in [1.54, 1.807) is 26.2 Å². The summed E-state index contributed by atoms with van der Waals surface area (Å²) in [7, 11) is -1.99. The smallest absolute Gasteiger partial charge is 0.243 e. The second-order valence-electron chi connectivity index (χ2n) is 7.32. The summed E-state index contributed by atoms with van der Waals surface area (Å²) < 4.78 is 31.1. The van der Waals surface area contributed by atoms with Gasteiger partial charge in [-0.15, -0.1) is 0 Å². The Hall–Kier alpha value is -2.54. The van der Waals surface area contributed by atoms with Crippen LogP contribution in [0.2, 0.25) is 0 Å². The summed E-state index contributed by atoms with van der Waals surface area (Å²) in [5.74, 6) is 0.493. The van der Waals surface area contributed by atoms with E-state index in [1.165, 1.54) is 4.31 Å². The number of carbonyl (C=O) groups excluding carboxylic acids is 1. The molecule has 1 N–H and O–H groups in total. The Bertz CT molecular complexity index is 920. The van der Waals surface area contributed by atoms with Gasteiger partial charge in [-0.3, -0.25) is 9.10 Å². The number of sulfonamides is 1. The first-order chi connectivity index (χ1) is 13.6. The maximum absolute atomic E-state index is 12.6. The molecule has 1 amide bonds. The number of rotatable bonds is 9. The van der Waals surface area contributed by atoms with E-state index in [0.29, 0.717) is 12.2 Å². The van der Waals surface area contributed by atoms with Gasteiger partial charge in [-0.1, -0.05) is 18.2 Å². The summed E-state index contributed by atoms with van der Waals surface area (Å²) in [6.07, 6.45) is 2.69. The molecule has 29 heavy (non-hydrogen) atoms. The fraction of sp³-hybridized carbons (Fsp3) is 0.409. The zero-order chi connectivity index (χ0) is 21.6. The minimum absolute atomic E-state index is 0.315. The molecule has 1 atom stereocenters. The largest absolute Gasteiger partial charge is 0.497 e. The molecule has 7 heteroatoms. The Balaban J connectivity index is 1.99. The van der Waals surface area contributed by atoms with E-state index in [-0.39, 0.29) is 5.91 Å². The highest BCUT2D eigenvalue weighted by molar-refractivity contribution is 7.92. The summed E-state index contributed by atoms with van der Waals surface area (Å²) in [5.41, 5.74) is 3.55. The molecular weight excluding hydrogens is 388 g/mol. The van der Waals surface area contributed by atoms with Gasteiger partial charge in [0.2, 0.25) is 15.9 Å². The van der Waals surface area contributed by atoms with Crippen LogP contribution in [0.4, 0.5) is 5.69 Å². The summed E-state index contributed by atoms with van der Waals surface area (Å²) in [4.78, 5) is 12.6. The molecule has 0 radical (unpaired) electrons. The van der Waals surface area contributed by atoms with Crippen molar-refractivity contribution in [3.63, 3.8) is 0 Å². The fourth-order valence-electron chi connectivity index (χ4n) is 3.33. The Labute approximate surface area is 173 Å². The normalized spacial score (nSPS) is 12.3. The molecule has 0 saturated carbocycles. The van der Waals surface area contributed by atoms with Crippen molar-refractivity contribution < 1.29 is 17.9 Å². The number of amides is 1. The van der Waals surface area contributed by atoms with Gasteiger partial charge >= 0.3 is 0 Å². The number of anilines is 1. The molecule has 2 rings (SSSR count). The summed E-state index contributed by atoms with van der Waals surface area (Å²) in [6.45, 7) is 5.89. The van der Waals surface area contributed by atoms with Crippen LogP contribution in [0.1, 0.15) is 30.0 Å². The van der Waals surface area contributed by atoms with Crippen molar-refractivity contribution in [1.29, 1.82) is 0 Å². The standard InChI is InChI=1S/C22H30N2O4S/c1-16-13-17(2)15-20(14-16)24(29(5,26)27)18(3)22(25)23-12-6-7-19-8-10-21(28-4)11-9-19/h8-11,13-15,18H,6-7,12H2,1-5H3,(H,23,25). The van der Waals surface area contributed by atoms with Crippen molar-refractivity contribution in [3.05, 3.63) is 59.2 Å². The van der Waals surface area contributed by atoms with E-state index < -0.39 is 16.1 Å². The predicted molar refractivity (Wildman–Crippen MR) is 117 cm³/mol. The van der Waals surface area contributed by atoms with Crippen LogP contribution in [-0.4, -0.2) is 40.3 Å². The van der Waals surface area contributed by atoms with Gasteiger partial charge in [0.15, 0.2) is 0 Å². The predicted octanol–water partition coefficient (Wildman–Crippen LogP) is 3.22. The molecule has 1 unspecified atom stereocenters. The van der Waals surface area contributed by atoms with Crippen LogP contribution in [-0.2, 0) is 21.2 Å². The summed E-state index contributed by atoms with van der Waals surface area (Å²) in [6, 6.07) is 12.5. The Morgan fingerprint density at radius 3 is 2.21 bits per heavy atom. The second-order valence-corrected chi connectivity index (χ2v) is 9.18. The Morgan fingerprint density at radius 2 is 1.69 bits per heavy atom. The second kappa shape index (κ2) is 9.78. The number of methoxy groups -OCH3 is 1. The van der Waals surface area contributed by atoms with Crippen molar-refractivity contribution in [2.24, 2.45) is 0 Å². The van der Waals surface area contributed by atoms with Crippen molar-refractivity contribution in [3.8, 4) is 5.75 Å². The highest BCUT2D eigenvalue weighted by Gasteiger charge is 2.29. The van der Waals surface area contributed by atoms with Crippen molar-refractivity contribution >= 4 is 21.6 Å². The molecule has 2 aromatic rings. The minimum atomic E-state index is -3.62. The third-order valence-corrected chi connectivity index (χ3v) is 5.89. The molecule has 0 spiro atoms. The van der Waals surface area contributed by atoms with Crippen LogP contribution in [0.3, 0.4) is 0 Å². The first-order valence-electron chi connectivity index (χ1n) is 9.60. The quantitative estimate of drug-likeness (QED) is 0.635. The van der Waals surface area contributed by atoms with E-state index in [4.69, 9.17) is 4.74 Å². The number of nitrogens with zero attached hydrogens (tertiary/aromatic N) is 1. The average molecular weight is 419 g/mol. The van der Waals surface area contributed by atoms with Crippen molar-refractivity contribution in [2.75, 3.05) is 24.2 Å². The van der Waals surface area contributed by atoms with Gasteiger partial charge < -0.3 is 10.1 Å². The lowest BCUT2D eigenvalue weighted by molar-refractivity contribution is -0.121. The Morgan fingerprint density at radius 1 is 1.10 bits per heavy atom. The first-order valence-corrected chi connectivity index (χ1v) is 11.4. The number of benzene rings is 2. The third-order valence-electron chi connectivity index (χ3n) is 4.65. The summed E-state index contributed by atoms with van der Waals surface area (Å²) in [5, 5.41) is 2.86. The monoisotopic (exact) mass is 418 g/mol. The molecule has 0 saturated heterocycles. The van der Waals surface area contributed by atoms with E-state index in [2.05, 4.69) is 5.32 Å². The van der Waals surface area contributed by atoms with Gasteiger partial charge in [0.1, 0.15) is 11.8 Å². The maximum atomic E-state index is 12.6. The number of hydrogen-bond acceptors (Lipinski definition) is 4. The van der Waals surface area contributed by atoms with Crippen LogP contribution < -0.4 is 14.4 Å². The highest BCUT2D eigenvalue weighted by Crippen LogP contribution is 2.24. The SMILES string of the molecule is COc1ccc(CCCNC(=O)C(C)N(c2cc(C)cc(C)c2)S(C)(=O)=O)cc1. The van der Waals surface area contributed by atoms with E-state index in [1.807, 2.05) is 44.2 Å². The molecule has 0 aliphatic rings. The molecule has 0 aliphatic carbocycles. The Kier molecular flexibility index (Phi) is 7.67. The highest BCUT2D eigenvalue weighted by atomic mass is 32.2. The molecule has 6 nitrogen and oxygen atoms in total. The first kappa shape index (κ1) is 22.7. The molecule has 0 heterocycles. The molecule has 2 aromatic carbocycles. The molecule has 158 valence electrons. The maximum Gasteiger partial charge on any atom is 0.243 e. The number of carbonyl (C=O) groups is 1. The van der Waals surface area contributed by atoms with Crippen LogP contribution in [0, 0.1) is 13.8 Å². The zero-order valence-corrected chi connectivity index (χ0v) is 18.5. The number of aryl methyl sites for hydroxylation is 3. The molecular formula is C22H30N2O4S. The van der Waals surface area contributed by atoms with Gasteiger partial charge in [-0.2, -0.15) is 0 Å². The van der Waals surface area contributed by atoms with Crippen molar-refractivity contribution in [2.45, 2.75) is 39.7 Å². The molecule has 0 bridgehead atoms. The number of hydrogen-bond donors (Lipinski definition) is 1. The average Bonchev–Trinajstić information content (AvgIpc) is 2.63. The van der Waals surface area contributed by atoms with Crippen LogP contribution in [0.25, 0.3) is 0 Å². The lowest BCUT2D eigenvalue weighted by Crippen LogP contribution is -2.48. The molecule has 0 aliphatic heterocycles. The fourth-order valence-corrected chi connectivity index (χ4v) is 4.49. The van der Waals surface area contributed by atoms with Gasteiger partial charge in [0.25, 0.3) is 0 Å². The van der Waals surface area contributed by atoms with E-state index >= 15 is 0 Å². The summed E-state index contributed by atoms with van der Waals surface area (Å²) >= 11 is 0. The van der Waals surface area contributed by atoms with Crippen LogP contribution in [0.15, 0.2) is 42.5 Å². The lowest BCUT2D eigenvalue weighted by Gasteiger charge is -2.28. The lowest BCUT2D eigenvalue weighted by atomic mass is 10.1. The van der Waals surface area contributed by atoms with E-state index in [0.717, 1.165) is 41.5 Å². The van der Waals surface area contributed by atoms with Crippen LogP contribution in [0.5, 0.6) is 5.75 Å². The van der Waals surface area contributed by atoms with Crippen LogP contribution >= 0.6 is 0 Å². The number of nitrogens with one attached hydrogen (secondary N) is 1. The van der Waals surface area contributed by atoms with Gasteiger partial charge in [0.05, 0.1) is 19.1 Å². The topological polar surface area (TPSA) is 75.7 Å². The van der Waals surface area contributed by atoms with E-state index in [9.17, 15) is 13.2 Å². The minimum Gasteiger partial charge on any atom is -0.497 e. The molecule has 0 aromatic heterocycles.